The highest BCUT2D eigenvalue weighted by Gasteiger charge is 2.16. The number of imidazole rings is 1. The molecule has 1 aromatic heterocycles. The summed E-state index contributed by atoms with van der Waals surface area (Å²) in [5.74, 6) is 0.914. The number of carbonyl (C=O) groups excluding carboxylic acids is 1. The highest BCUT2D eigenvalue weighted by molar-refractivity contribution is 7.99. The maximum Gasteiger partial charge on any atom is 0.238 e. The van der Waals surface area contributed by atoms with Crippen molar-refractivity contribution in [3.8, 4) is 0 Å². The van der Waals surface area contributed by atoms with Crippen molar-refractivity contribution in [2.45, 2.75) is 69.6 Å². The second-order valence-corrected chi connectivity index (χ2v) is 9.92. The number of hydrogen-bond donors (Lipinski definition) is 2. The quantitative estimate of drug-likeness (QED) is 0.568. The van der Waals surface area contributed by atoms with Crippen molar-refractivity contribution in [3.05, 3.63) is 18.2 Å². The minimum Gasteiger partial charge on any atom is -0.353 e. The molecular weight excluding hydrogens is 396 g/mol. The Bertz CT molecular complexity index is 923. The Balaban J connectivity index is 2.02. The molecule has 2 aromatic rings. The van der Waals surface area contributed by atoms with E-state index in [4.69, 9.17) is 5.14 Å². The van der Waals surface area contributed by atoms with Crippen LogP contribution < -0.4 is 10.5 Å². The van der Waals surface area contributed by atoms with Gasteiger partial charge in [0.05, 0.1) is 21.7 Å². The van der Waals surface area contributed by atoms with Crippen LogP contribution in [0.25, 0.3) is 11.0 Å². The number of primary sulfonamides is 1. The molecule has 156 valence electrons. The van der Waals surface area contributed by atoms with E-state index < -0.39 is 10.0 Å². The van der Waals surface area contributed by atoms with E-state index in [-0.39, 0.29) is 22.6 Å². The number of nitrogens with one attached hydrogen (secondary N) is 1. The molecule has 0 aliphatic heterocycles. The second kappa shape index (κ2) is 9.76. The number of rotatable bonds is 10. The van der Waals surface area contributed by atoms with Gasteiger partial charge in [-0.05, 0) is 44.4 Å². The monoisotopic (exact) mass is 426 g/mol. The fraction of sp³-hybridized carbons (Fsp3) is 0.579. The van der Waals surface area contributed by atoms with Crippen LogP contribution in [0.1, 0.15) is 47.0 Å². The molecule has 0 spiro atoms. The Kier molecular flexibility index (Phi) is 7.91. The number of sulfonamides is 1. The Hall–Kier alpha value is -1.58. The SMILES string of the molecule is CCn1c(SCC(=O)NC(C)CCCC(C)C)nc2cc(S(N)(=O)=O)ccc21. The van der Waals surface area contributed by atoms with Gasteiger partial charge in [-0.15, -0.1) is 0 Å². The van der Waals surface area contributed by atoms with Gasteiger partial charge < -0.3 is 9.88 Å². The largest absolute Gasteiger partial charge is 0.353 e. The zero-order valence-electron chi connectivity index (χ0n) is 16.9. The Morgan fingerprint density at radius 3 is 2.61 bits per heavy atom. The van der Waals surface area contributed by atoms with Crippen molar-refractivity contribution in [1.29, 1.82) is 0 Å². The summed E-state index contributed by atoms with van der Waals surface area (Å²) in [6.07, 6.45) is 3.23. The first kappa shape index (κ1) is 22.7. The summed E-state index contributed by atoms with van der Waals surface area (Å²) >= 11 is 1.35. The van der Waals surface area contributed by atoms with Crippen molar-refractivity contribution in [1.82, 2.24) is 14.9 Å². The number of thioether (sulfide) groups is 1. The maximum absolute atomic E-state index is 12.3. The van der Waals surface area contributed by atoms with Crippen LogP contribution in [0.2, 0.25) is 0 Å². The molecule has 1 atom stereocenters. The topological polar surface area (TPSA) is 107 Å². The van der Waals surface area contributed by atoms with Crippen LogP contribution in [0.4, 0.5) is 0 Å². The Morgan fingerprint density at radius 1 is 1.29 bits per heavy atom. The molecule has 3 N–H and O–H groups in total. The summed E-state index contributed by atoms with van der Waals surface area (Å²) < 4.78 is 25.1. The molecule has 1 amide bonds. The lowest BCUT2D eigenvalue weighted by atomic mass is 10.0. The molecule has 28 heavy (non-hydrogen) atoms. The molecule has 1 unspecified atom stereocenters. The summed E-state index contributed by atoms with van der Waals surface area (Å²) in [4.78, 5) is 16.8. The van der Waals surface area contributed by atoms with E-state index in [0.29, 0.717) is 23.1 Å². The zero-order chi connectivity index (χ0) is 20.9. The number of benzene rings is 1. The smallest absolute Gasteiger partial charge is 0.238 e. The zero-order valence-corrected chi connectivity index (χ0v) is 18.6. The lowest BCUT2D eigenvalue weighted by Gasteiger charge is -2.14. The van der Waals surface area contributed by atoms with Crippen LogP contribution in [-0.2, 0) is 21.4 Å². The number of nitrogens with two attached hydrogens (primary N) is 1. The summed E-state index contributed by atoms with van der Waals surface area (Å²) in [7, 11) is -3.78. The first-order chi connectivity index (χ1) is 13.1. The van der Waals surface area contributed by atoms with Gasteiger partial charge in [0, 0.05) is 12.6 Å². The van der Waals surface area contributed by atoms with Crippen molar-refractivity contribution < 1.29 is 13.2 Å². The van der Waals surface area contributed by atoms with Gasteiger partial charge in [0.1, 0.15) is 0 Å². The third kappa shape index (κ3) is 6.22. The van der Waals surface area contributed by atoms with E-state index in [1.807, 2.05) is 18.4 Å². The van der Waals surface area contributed by atoms with Crippen molar-refractivity contribution >= 4 is 38.7 Å². The van der Waals surface area contributed by atoms with Crippen LogP contribution in [-0.4, -0.2) is 35.7 Å². The van der Waals surface area contributed by atoms with E-state index in [2.05, 4.69) is 24.1 Å². The molecule has 0 saturated heterocycles. The average Bonchev–Trinajstić information content (AvgIpc) is 2.95. The molecule has 0 radical (unpaired) electrons. The van der Waals surface area contributed by atoms with E-state index in [1.54, 1.807) is 6.07 Å². The molecule has 2 rings (SSSR count). The van der Waals surface area contributed by atoms with Crippen LogP contribution in [0.3, 0.4) is 0 Å². The third-order valence-electron chi connectivity index (χ3n) is 4.49. The van der Waals surface area contributed by atoms with Gasteiger partial charge in [0.15, 0.2) is 5.16 Å². The first-order valence-electron chi connectivity index (χ1n) is 9.57. The summed E-state index contributed by atoms with van der Waals surface area (Å²) in [5, 5.41) is 8.92. The number of amides is 1. The van der Waals surface area contributed by atoms with Crippen molar-refractivity contribution in [2.75, 3.05) is 5.75 Å². The molecule has 9 heteroatoms. The van der Waals surface area contributed by atoms with E-state index in [1.165, 1.54) is 23.9 Å². The van der Waals surface area contributed by atoms with Crippen LogP contribution in [0.15, 0.2) is 28.3 Å². The number of carbonyl (C=O) groups is 1. The Morgan fingerprint density at radius 2 is 2.00 bits per heavy atom. The van der Waals surface area contributed by atoms with Crippen molar-refractivity contribution in [3.63, 3.8) is 0 Å². The van der Waals surface area contributed by atoms with Gasteiger partial charge in [0.25, 0.3) is 0 Å². The van der Waals surface area contributed by atoms with Gasteiger partial charge >= 0.3 is 0 Å². The van der Waals surface area contributed by atoms with Crippen LogP contribution in [0.5, 0.6) is 0 Å². The van der Waals surface area contributed by atoms with Crippen LogP contribution >= 0.6 is 11.8 Å². The van der Waals surface area contributed by atoms with Gasteiger partial charge in [-0.25, -0.2) is 18.5 Å². The number of nitrogens with zero attached hydrogens (tertiary/aromatic N) is 2. The molecular formula is C19H30N4O3S2. The van der Waals surface area contributed by atoms with E-state index in [0.717, 1.165) is 24.8 Å². The fourth-order valence-electron chi connectivity index (χ4n) is 3.03. The first-order valence-corrected chi connectivity index (χ1v) is 12.1. The second-order valence-electron chi connectivity index (χ2n) is 7.42. The number of fused-ring (bicyclic) bond motifs is 1. The van der Waals surface area contributed by atoms with Gasteiger partial charge in [-0.2, -0.15) is 0 Å². The molecule has 7 nitrogen and oxygen atoms in total. The van der Waals surface area contributed by atoms with E-state index >= 15 is 0 Å². The maximum atomic E-state index is 12.3. The molecule has 0 aliphatic carbocycles. The standard InChI is InChI=1S/C19H30N4O3S2/c1-5-23-17-10-9-15(28(20,25)26)11-16(17)22-19(23)27-12-18(24)21-14(4)8-6-7-13(2)3/h9-11,13-14H,5-8,12H2,1-4H3,(H,21,24)(H2,20,25,26). The average molecular weight is 427 g/mol. The predicted molar refractivity (Wildman–Crippen MR) is 114 cm³/mol. The summed E-state index contributed by atoms with van der Waals surface area (Å²) in [6, 6.07) is 4.80. The minimum atomic E-state index is -3.78. The summed E-state index contributed by atoms with van der Waals surface area (Å²) in [6.45, 7) is 9.08. The van der Waals surface area contributed by atoms with Crippen LogP contribution in [0, 0.1) is 5.92 Å². The highest BCUT2D eigenvalue weighted by Crippen LogP contribution is 2.26. The summed E-state index contributed by atoms with van der Waals surface area (Å²) in [5.41, 5.74) is 1.37. The Labute approximate surface area is 171 Å². The normalized spacial score (nSPS) is 13.2. The van der Waals surface area contributed by atoms with E-state index in [9.17, 15) is 13.2 Å². The molecule has 1 aromatic carbocycles. The molecule has 0 aliphatic rings. The lowest BCUT2D eigenvalue weighted by Crippen LogP contribution is -2.33. The van der Waals surface area contributed by atoms with Gasteiger partial charge in [-0.3, -0.25) is 4.79 Å². The van der Waals surface area contributed by atoms with Gasteiger partial charge in [-0.1, -0.05) is 38.5 Å². The molecule has 0 fully saturated rings. The molecule has 1 heterocycles. The lowest BCUT2D eigenvalue weighted by molar-refractivity contribution is -0.119. The van der Waals surface area contributed by atoms with Gasteiger partial charge in [0.2, 0.25) is 15.9 Å². The minimum absolute atomic E-state index is 0.0259. The number of aromatic nitrogens is 2. The van der Waals surface area contributed by atoms with Crippen molar-refractivity contribution in [2.24, 2.45) is 11.1 Å². The third-order valence-corrected chi connectivity index (χ3v) is 6.38. The predicted octanol–water partition coefficient (Wildman–Crippen LogP) is 3.13. The highest BCUT2D eigenvalue weighted by atomic mass is 32.2. The molecule has 0 saturated carbocycles. The molecule has 0 bridgehead atoms. The number of hydrogen-bond acceptors (Lipinski definition) is 5. The number of aryl methyl sites for hydroxylation is 1. The fourth-order valence-corrected chi connectivity index (χ4v) is 4.45.